The van der Waals surface area contributed by atoms with E-state index in [0.717, 1.165) is 6.42 Å². The second kappa shape index (κ2) is 3.44. The van der Waals surface area contributed by atoms with E-state index in [1.54, 1.807) is 0 Å². The Morgan fingerprint density at radius 1 is 1.36 bits per heavy atom. The molecule has 0 aliphatic heterocycles. The van der Waals surface area contributed by atoms with Crippen LogP contribution in [-0.4, -0.2) is 23.5 Å². The van der Waals surface area contributed by atoms with Gasteiger partial charge in [0.05, 0.1) is 0 Å². The molecular weight excluding hydrogens is 182 g/mol. The number of allylic oxidation sites excluding steroid dienone is 2. The molecular formula is C10H13NO3. The van der Waals surface area contributed by atoms with Crippen molar-refractivity contribution in [1.29, 1.82) is 0 Å². The molecule has 1 fully saturated rings. The second-order valence-electron chi connectivity index (χ2n) is 4.06. The molecule has 1 amide bonds. The van der Waals surface area contributed by atoms with Gasteiger partial charge in [-0.15, -0.1) is 0 Å². The van der Waals surface area contributed by atoms with Gasteiger partial charge in [-0.25, -0.2) is 4.79 Å². The first-order valence-corrected chi connectivity index (χ1v) is 4.86. The number of carboxylic acids is 1. The van der Waals surface area contributed by atoms with Gasteiger partial charge in [-0.1, -0.05) is 12.2 Å². The number of hydrogen-bond acceptors (Lipinski definition) is 2. The Labute approximate surface area is 82.0 Å². The molecule has 0 saturated heterocycles. The molecule has 0 heterocycles. The van der Waals surface area contributed by atoms with Crippen LogP contribution < -0.4 is 5.32 Å². The lowest BCUT2D eigenvalue weighted by Gasteiger charge is -2.17. The topological polar surface area (TPSA) is 66.4 Å². The summed E-state index contributed by atoms with van der Waals surface area (Å²) >= 11 is 0. The summed E-state index contributed by atoms with van der Waals surface area (Å²) in [6.07, 6.45) is 6.67. The van der Waals surface area contributed by atoms with E-state index in [1.807, 2.05) is 0 Å². The number of aliphatic carboxylic acids is 1. The number of rotatable bonds is 2. The highest BCUT2D eigenvalue weighted by Crippen LogP contribution is 2.42. The Bertz CT molecular complexity index is 298. The molecule has 0 spiro atoms. The predicted octanol–water partition coefficient (Wildman–Crippen LogP) is 0.399. The van der Waals surface area contributed by atoms with Gasteiger partial charge in [-0.2, -0.15) is 0 Å². The van der Waals surface area contributed by atoms with E-state index in [1.165, 1.54) is 6.42 Å². The summed E-state index contributed by atoms with van der Waals surface area (Å²) in [5, 5.41) is 10.8. The first-order valence-electron chi connectivity index (χ1n) is 4.86. The Balaban J connectivity index is 1.80. The van der Waals surface area contributed by atoms with Crippen LogP contribution in [0.5, 0.6) is 0 Å². The standard InChI is InChI=1S/C10H13NO3/c12-9(10(13)14)11-5-8-4-6-1-2-7(8)3-6/h1-2,6-8H,3-5H2,(H,11,12)(H,13,14)/t6?,7?,8-/m0/s1. The Hall–Kier alpha value is -1.32. The van der Waals surface area contributed by atoms with Crippen molar-refractivity contribution in [2.45, 2.75) is 12.8 Å². The molecule has 0 radical (unpaired) electrons. The zero-order valence-electron chi connectivity index (χ0n) is 7.77. The fraction of sp³-hybridized carbons (Fsp3) is 0.600. The molecule has 2 bridgehead atoms. The lowest BCUT2D eigenvalue weighted by Crippen LogP contribution is -2.35. The predicted molar refractivity (Wildman–Crippen MR) is 49.5 cm³/mol. The molecule has 0 aromatic carbocycles. The van der Waals surface area contributed by atoms with Crippen molar-refractivity contribution in [1.82, 2.24) is 5.32 Å². The Kier molecular flexibility index (Phi) is 2.27. The summed E-state index contributed by atoms with van der Waals surface area (Å²) in [5.41, 5.74) is 0. The van der Waals surface area contributed by atoms with E-state index in [4.69, 9.17) is 5.11 Å². The highest BCUT2D eigenvalue weighted by Gasteiger charge is 2.35. The number of amides is 1. The second-order valence-corrected chi connectivity index (χ2v) is 4.06. The van der Waals surface area contributed by atoms with E-state index >= 15 is 0 Å². The van der Waals surface area contributed by atoms with Gasteiger partial charge < -0.3 is 10.4 Å². The summed E-state index contributed by atoms with van der Waals surface area (Å²) in [7, 11) is 0. The monoisotopic (exact) mass is 195 g/mol. The largest absolute Gasteiger partial charge is 0.474 e. The van der Waals surface area contributed by atoms with Gasteiger partial charge in [0.2, 0.25) is 0 Å². The minimum Gasteiger partial charge on any atom is -0.474 e. The van der Waals surface area contributed by atoms with Crippen LogP contribution in [-0.2, 0) is 9.59 Å². The van der Waals surface area contributed by atoms with Gasteiger partial charge in [-0.05, 0) is 30.6 Å². The molecule has 2 rings (SSSR count). The lowest BCUT2D eigenvalue weighted by atomic mass is 9.94. The molecule has 4 nitrogen and oxygen atoms in total. The van der Waals surface area contributed by atoms with Crippen molar-refractivity contribution in [2.24, 2.45) is 17.8 Å². The molecule has 4 heteroatoms. The number of fused-ring (bicyclic) bond motifs is 2. The van der Waals surface area contributed by atoms with E-state index in [-0.39, 0.29) is 0 Å². The van der Waals surface area contributed by atoms with Crippen LogP contribution >= 0.6 is 0 Å². The number of carbonyl (C=O) groups is 2. The van der Waals surface area contributed by atoms with Crippen molar-refractivity contribution in [3.05, 3.63) is 12.2 Å². The summed E-state index contributed by atoms with van der Waals surface area (Å²) < 4.78 is 0. The van der Waals surface area contributed by atoms with Crippen molar-refractivity contribution in [3.8, 4) is 0 Å². The minimum absolute atomic E-state index is 0.438. The number of nitrogens with one attached hydrogen (secondary N) is 1. The summed E-state index contributed by atoms with van der Waals surface area (Å²) in [5.74, 6) is -0.644. The van der Waals surface area contributed by atoms with Crippen LogP contribution in [0.4, 0.5) is 0 Å². The van der Waals surface area contributed by atoms with Crippen LogP contribution in [0.25, 0.3) is 0 Å². The maximum absolute atomic E-state index is 10.8. The average Bonchev–Trinajstić information content (AvgIpc) is 2.74. The zero-order chi connectivity index (χ0) is 10.1. The van der Waals surface area contributed by atoms with Gasteiger partial charge in [-0.3, -0.25) is 4.79 Å². The molecule has 1 saturated carbocycles. The van der Waals surface area contributed by atoms with Crippen LogP contribution in [0.1, 0.15) is 12.8 Å². The van der Waals surface area contributed by atoms with Crippen LogP contribution in [0.3, 0.4) is 0 Å². The van der Waals surface area contributed by atoms with Crippen molar-refractivity contribution in [3.63, 3.8) is 0 Å². The average molecular weight is 195 g/mol. The van der Waals surface area contributed by atoms with E-state index in [2.05, 4.69) is 17.5 Å². The molecule has 2 aliphatic rings. The van der Waals surface area contributed by atoms with Crippen LogP contribution in [0.2, 0.25) is 0 Å². The summed E-state index contributed by atoms with van der Waals surface area (Å²) in [6, 6.07) is 0. The van der Waals surface area contributed by atoms with Crippen LogP contribution in [0.15, 0.2) is 12.2 Å². The maximum Gasteiger partial charge on any atom is 0.394 e. The molecule has 2 aliphatic carbocycles. The Morgan fingerprint density at radius 2 is 2.14 bits per heavy atom. The van der Waals surface area contributed by atoms with Gasteiger partial charge in [0.15, 0.2) is 0 Å². The molecule has 2 N–H and O–H groups in total. The fourth-order valence-corrected chi connectivity index (χ4v) is 2.43. The molecule has 0 aromatic rings. The fourth-order valence-electron chi connectivity index (χ4n) is 2.43. The lowest BCUT2D eigenvalue weighted by molar-refractivity contribution is -0.150. The zero-order valence-corrected chi connectivity index (χ0v) is 7.77. The molecule has 0 aromatic heterocycles. The maximum atomic E-state index is 10.8. The smallest absolute Gasteiger partial charge is 0.394 e. The first kappa shape index (κ1) is 9.24. The molecule has 14 heavy (non-hydrogen) atoms. The third-order valence-electron chi connectivity index (χ3n) is 3.14. The van der Waals surface area contributed by atoms with Crippen molar-refractivity contribution in [2.75, 3.05) is 6.54 Å². The molecule has 2 unspecified atom stereocenters. The highest BCUT2D eigenvalue weighted by atomic mass is 16.4. The third kappa shape index (κ3) is 1.64. The molecule has 76 valence electrons. The van der Waals surface area contributed by atoms with Crippen molar-refractivity contribution >= 4 is 11.9 Å². The third-order valence-corrected chi connectivity index (χ3v) is 3.14. The number of carboxylic acid groups (broad SMARTS) is 1. The van der Waals surface area contributed by atoms with Crippen LogP contribution in [0, 0.1) is 17.8 Å². The minimum atomic E-state index is -1.40. The number of hydrogen-bond donors (Lipinski definition) is 2. The van der Waals surface area contributed by atoms with Gasteiger partial charge in [0.25, 0.3) is 0 Å². The SMILES string of the molecule is O=C(O)C(=O)NC[C@@H]1CC2C=CC1C2. The molecule has 3 atom stereocenters. The van der Waals surface area contributed by atoms with E-state index < -0.39 is 11.9 Å². The first-order chi connectivity index (χ1) is 6.66. The Morgan fingerprint density at radius 3 is 2.64 bits per heavy atom. The van der Waals surface area contributed by atoms with Gasteiger partial charge >= 0.3 is 11.9 Å². The number of carbonyl (C=O) groups excluding carboxylic acids is 1. The highest BCUT2D eigenvalue weighted by molar-refractivity contribution is 6.31. The van der Waals surface area contributed by atoms with Gasteiger partial charge in [0.1, 0.15) is 0 Å². The van der Waals surface area contributed by atoms with Crippen molar-refractivity contribution < 1.29 is 14.7 Å². The summed E-state index contributed by atoms with van der Waals surface area (Å²) in [4.78, 5) is 21.0. The quantitative estimate of drug-likeness (QED) is 0.495. The summed E-state index contributed by atoms with van der Waals surface area (Å²) in [6.45, 7) is 0.497. The van der Waals surface area contributed by atoms with Gasteiger partial charge in [0, 0.05) is 6.54 Å². The van der Waals surface area contributed by atoms with E-state index in [0.29, 0.717) is 24.3 Å². The van der Waals surface area contributed by atoms with E-state index in [9.17, 15) is 9.59 Å². The normalized spacial score (nSPS) is 33.3.